The van der Waals surface area contributed by atoms with Crippen molar-refractivity contribution in [2.75, 3.05) is 13.2 Å². The highest BCUT2D eigenvalue weighted by atomic mass is 19.1. The van der Waals surface area contributed by atoms with Gasteiger partial charge < -0.3 is 10.1 Å². The van der Waals surface area contributed by atoms with E-state index in [4.69, 9.17) is 4.74 Å². The quantitative estimate of drug-likeness (QED) is 0.908. The molecule has 1 aliphatic rings. The molecule has 1 aromatic carbocycles. The van der Waals surface area contributed by atoms with Gasteiger partial charge in [0.2, 0.25) is 5.91 Å². The number of carbonyl (C=O) groups is 1. The molecule has 1 aromatic rings. The monoisotopic (exact) mass is 265 g/mol. The highest BCUT2D eigenvalue weighted by molar-refractivity contribution is 5.81. The van der Waals surface area contributed by atoms with Gasteiger partial charge in [-0.25, -0.2) is 4.39 Å². The molecule has 0 bridgehead atoms. The molecule has 0 aliphatic carbocycles. The van der Waals surface area contributed by atoms with E-state index in [-0.39, 0.29) is 17.8 Å². The molecule has 0 spiro atoms. The molecule has 1 saturated heterocycles. The first-order valence-corrected chi connectivity index (χ1v) is 6.65. The average molecular weight is 265 g/mol. The molecule has 19 heavy (non-hydrogen) atoms. The maximum atomic E-state index is 13.8. The zero-order valence-electron chi connectivity index (χ0n) is 11.4. The lowest BCUT2D eigenvalue weighted by Gasteiger charge is -2.26. The number of hydrogen-bond donors (Lipinski definition) is 1. The molecule has 1 atom stereocenters. The Morgan fingerprint density at radius 3 is 2.84 bits per heavy atom. The first kappa shape index (κ1) is 14.0. The summed E-state index contributed by atoms with van der Waals surface area (Å²) in [5.74, 6) is -0.333. The third kappa shape index (κ3) is 3.32. The van der Waals surface area contributed by atoms with Gasteiger partial charge in [0, 0.05) is 18.6 Å². The van der Waals surface area contributed by atoms with Gasteiger partial charge in [-0.05, 0) is 24.5 Å². The molecule has 0 saturated carbocycles. The normalized spacial score (nSPS) is 19.4. The summed E-state index contributed by atoms with van der Waals surface area (Å²) in [5, 5.41) is 2.86. The average Bonchev–Trinajstić information content (AvgIpc) is 2.90. The summed E-state index contributed by atoms with van der Waals surface area (Å²) in [7, 11) is 0. The van der Waals surface area contributed by atoms with E-state index in [0.717, 1.165) is 12.8 Å². The van der Waals surface area contributed by atoms with Crippen LogP contribution in [0.1, 0.15) is 32.3 Å². The molecule has 1 heterocycles. The largest absolute Gasteiger partial charge is 0.368 e. The standard InChI is InChI=1S/C15H20FNO2/c1-15(2,11-6-3-4-7-12(11)16)10-17-14(18)13-8-5-9-19-13/h3-4,6-7,13H,5,8-10H2,1-2H3,(H,17,18). The van der Waals surface area contributed by atoms with Gasteiger partial charge in [-0.15, -0.1) is 0 Å². The van der Waals surface area contributed by atoms with E-state index < -0.39 is 5.41 Å². The van der Waals surface area contributed by atoms with Crippen LogP contribution >= 0.6 is 0 Å². The van der Waals surface area contributed by atoms with Crippen molar-refractivity contribution in [2.45, 2.75) is 38.2 Å². The summed E-state index contributed by atoms with van der Waals surface area (Å²) in [6.07, 6.45) is 1.36. The summed E-state index contributed by atoms with van der Waals surface area (Å²) in [6, 6.07) is 6.68. The van der Waals surface area contributed by atoms with Crippen LogP contribution in [0.3, 0.4) is 0 Å². The summed E-state index contributed by atoms with van der Waals surface area (Å²) < 4.78 is 19.1. The van der Waals surface area contributed by atoms with Crippen LogP contribution in [-0.4, -0.2) is 25.2 Å². The fraction of sp³-hybridized carbons (Fsp3) is 0.533. The van der Waals surface area contributed by atoms with Gasteiger partial charge in [-0.3, -0.25) is 4.79 Å². The zero-order chi connectivity index (χ0) is 13.9. The van der Waals surface area contributed by atoms with E-state index in [0.29, 0.717) is 18.7 Å². The lowest BCUT2D eigenvalue weighted by molar-refractivity contribution is -0.130. The minimum absolute atomic E-state index is 0.0954. The van der Waals surface area contributed by atoms with Crippen LogP contribution in [0.4, 0.5) is 4.39 Å². The van der Waals surface area contributed by atoms with Crippen LogP contribution in [0.15, 0.2) is 24.3 Å². The van der Waals surface area contributed by atoms with Gasteiger partial charge in [-0.2, -0.15) is 0 Å². The number of amides is 1. The van der Waals surface area contributed by atoms with Gasteiger partial charge in [-0.1, -0.05) is 32.0 Å². The van der Waals surface area contributed by atoms with Crippen LogP contribution in [0.5, 0.6) is 0 Å². The van der Waals surface area contributed by atoms with Crippen LogP contribution in [-0.2, 0) is 14.9 Å². The van der Waals surface area contributed by atoms with Crippen molar-refractivity contribution in [1.29, 1.82) is 0 Å². The number of halogens is 1. The number of carbonyl (C=O) groups excluding carboxylic acids is 1. The molecule has 1 amide bonds. The van der Waals surface area contributed by atoms with Crippen molar-refractivity contribution < 1.29 is 13.9 Å². The molecule has 0 radical (unpaired) electrons. The Morgan fingerprint density at radius 2 is 2.21 bits per heavy atom. The number of rotatable bonds is 4. The van der Waals surface area contributed by atoms with Crippen molar-refractivity contribution in [2.24, 2.45) is 0 Å². The van der Waals surface area contributed by atoms with Crippen molar-refractivity contribution in [1.82, 2.24) is 5.32 Å². The highest BCUT2D eigenvalue weighted by Gasteiger charge is 2.28. The smallest absolute Gasteiger partial charge is 0.249 e. The molecular weight excluding hydrogens is 245 g/mol. The summed E-state index contributed by atoms with van der Waals surface area (Å²) >= 11 is 0. The minimum atomic E-state index is -0.445. The van der Waals surface area contributed by atoms with Crippen molar-refractivity contribution in [3.63, 3.8) is 0 Å². The molecule has 1 fully saturated rings. The molecule has 1 N–H and O–H groups in total. The molecule has 3 nitrogen and oxygen atoms in total. The Hall–Kier alpha value is -1.42. The topological polar surface area (TPSA) is 38.3 Å². The molecule has 4 heteroatoms. The second-order valence-corrected chi connectivity index (χ2v) is 5.58. The maximum Gasteiger partial charge on any atom is 0.249 e. The molecule has 104 valence electrons. The van der Waals surface area contributed by atoms with E-state index in [1.165, 1.54) is 6.07 Å². The van der Waals surface area contributed by atoms with Crippen LogP contribution in [0.2, 0.25) is 0 Å². The van der Waals surface area contributed by atoms with Crippen molar-refractivity contribution in [3.8, 4) is 0 Å². The van der Waals surface area contributed by atoms with E-state index in [1.54, 1.807) is 12.1 Å². The lowest BCUT2D eigenvalue weighted by atomic mass is 9.84. The number of nitrogens with one attached hydrogen (secondary N) is 1. The number of ether oxygens (including phenoxy) is 1. The van der Waals surface area contributed by atoms with E-state index in [2.05, 4.69) is 5.32 Å². The Kier molecular flexibility index (Phi) is 4.20. The number of benzene rings is 1. The van der Waals surface area contributed by atoms with Crippen LogP contribution in [0, 0.1) is 5.82 Å². The fourth-order valence-corrected chi connectivity index (χ4v) is 2.31. The molecule has 1 unspecified atom stereocenters. The van der Waals surface area contributed by atoms with E-state index in [9.17, 15) is 9.18 Å². The van der Waals surface area contributed by atoms with Crippen LogP contribution < -0.4 is 5.32 Å². The summed E-state index contributed by atoms with van der Waals surface area (Å²) in [6.45, 7) is 4.88. The van der Waals surface area contributed by atoms with Gasteiger partial charge in [0.15, 0.2) is 0 Å². The number of hydrogen-bond acceptors (Lipinski definition) is 2. The summed E-state index contributed by atoms with van der Waals surface area (Å²) in [4.78, 5) is 11.9. The first-order valence-electron chi connectivity index (χ1n) is 6.65. The van der Waals surface area contributed by atoms with Gasteiger partial charge in [0.05, 0.1) is 0 Å². The highest BCUT2D eigenvalue weighted by Crippen LogP contribution is 2.25. The minimum Gasteiger partial charge on any atom is -0.368 e. The van der Waals surface area contributed by atoms with Gasteiger partial charge in [0.25, 0.3) is 0 Å². The predicted molar refractivity (Wildman–Crippen MR) is 71.4 cm³/mol. The Balaban J connectivity index is 1.97. The van der Waals surface area contributed by atoms with E-state index >= 15 is 0 Å². The molecule has 2 rings (SSSR count). The van der Waals surface area contributed by atoms with E-state index in [1.807, 2.05) is 19.9 Å². The fourth-order valence-electron chi connectivity index (χ4n) is 2.31. The Labute approximate surface area is 113 Å². The third-order valence-corrected chi connectivity index (χ3v) is 3.53. The van der Waals surface area contributed by atoms with Crippen molar-refractivity contribution in [3.05, 3.63) is 35.6 Å². The van der Waals surface area contributed by atoms with Gasteiger partial charge >= 0.3 is 0 Å². The second kappa shape index (κ2) is 5.70. The Bertz CT molecular complexity index is 453. The van der Waals surface area contributed by atoms with Crippen LogP contribution in [0.25, 0.3) is 0 Å². The predicted octanol–water partition coefficient (Wildman–Crippen LogP) is 2.40. The Morgan fingerprint density at radius 1 is 1.47 bits per heavy atom. The van der Waals surface area contributed by atoms with Gasteiger partial charge in [0.1, 0.15) is 11.9 Å². The van der Waals surface area contributed by atoms with Crippen molar-refractivity contribution >= 4 is 5.91 Å². The third-order valence-electron chi connectivity index (χ3n) is 3.53. The SMILES string of the molecule is CC(C)(CNC(=O)C1CCCO1)c1ccccc1F. The lowest BCUT2D eigenvalue weighted by Crippen LogP contribution is -2.41. The maximum absolute atomic E-state index is 13.8. The zero-order valence-corrected chi connectivity index (χ0v) is 11.4. The molecular formula is C15H20FNO2. The first-order chi connectivity index (χ1) is 9.00. The summed E-state index contributed by atoms with van der Waals surface area (Å²) in [5.41, 5.74) is 0.169. The molecule has 0 aromatic heterocycles. The second-order valence-electron chi connectivity index (χ2n) is 5.58. The molecule has 1 aliphatic heterocycles.